The van der Waals surface area contributed by atoms with Gasteiger partial charge in [0.1, 0.15) is 6.07 Å². The van der Waals surface area contributed by atoms with Crippen LogP contribution in [0.1, 0.15) is 44.2 Å². The fourth-order valence-electron chi connectivity index (χ4n) is 7.04. The van der Waals surface area contributed by atoms with E-state index in [0.717, 1.165) is 53.7 Å². The fraction of sp³-hybridized carbons (Fsp3) is 0.423. The molecule has 7 rings (SSSR count). The van der Waals surface area contributed by atoms with Crippen LogP contribution in [0.3, 0.4) is 0 Å². The second-order valence-corrected chi connectivity index (χ2v) is 12.3. The van der Waals surface area contributed by atoms with E-state index in [-0.39, 0.29) is 10.4 Å². The van der Waals surface area contributed by atoms with Gasteiger partial charge in [0.25, 0.3) is 0 Å². The first-order chi connectivity index (χ1) is 15.8. The number of anilines is 1. The topological polar surface area (TPSA) is 95.7 Å². The van der Waals surface area contributed by atoms with Gasteiger partial charge >= 0.3 is 0 Å². The molecule has 0 atom stereocenters. The van der Waals surface area contributed by atoms with Gasteiger partial charge in [-0.2, -0.15) is 5.26 Å². The highest BCUT2D eigenvalue weighted by Crippen LogP contribution is 2.57. The molecule has 0 radical (unpaired) electrons. The highest BCUT2D eigenvalue weighted by atomic mass is 32.2. The van der Waals surface area contributed by atoms with E-state index in [0.29, 0.717) is 16.8 Å². The maximum absolute atomic E-state index is 12.3. The quantitative estimate of drug-likeness (QED) is 0.594. The normalized spacial score (nSPS) is 28.1. The van der Waals surface area contributed by atoms with Gasteiger partial charge < -0.3 is 5.32 Å². The molecule has 0 spiro atoms. The number of rotatable bonds is 4. The first-order valence-electron chi connectivity index (χ1n) is 11.6. The molecule has 4 saturated carbocycles. The Kier molecular flexibility index (Phi) is 4.54. The number of nitrogens with zero attached hydrogens (tertiary/aromatic N) is 3. The van der Waals surface area contributed by atoms with Crippen LogP contribution in [0.15, 0.2) is 47.4 Å². The largest absolute Gasteiger partial charge is 0.377 e. The zero-order valence-electron chi connectivity index (χ0n) is 18.6. The summed E-state index contributed by atoms with van der Waals surface area (Å²) in [5, 5.41) is 23.0. The van der Waals surface area contributed by atoms with E-state index >= 15 is 0 Å². The molecule has 4 fully saturated rings. The molecule has 1 heterocycles. The van der Waals surface area contributed by atoms with Crippen LogP contribution in [0, 0.1) is 29.1 Å². The minimum absolute atomic E-state index is 0.0396. The summed E-state index contributed by atoms with van der Waals surface area (Å²) in [7, 11) is -3.38. The Balaban J connectivity index is 1.45. The van der Waals surface area contributed by atoms with Crippen molar-refractivity contribution in [2.75, 3.05) is 11.6 Å². The summed E-state index contributed by atoms with van der Waals surface area (Å²) in [6.07, 6.45) is 8.76. The molecular formula is C26H26N4O2S. The molecule has 168 valence electrons. The van der Waals surface area contributed by atoms with E-state index in [2.05, 4.69) is 21.6 Å². The average Bonchev–Trinajstić information content (AvgIpc) is 2.77. The number of nitrogens with one attached hydrogen (secondary N) is 1. The van der Waals surface area contributed by atoms with E-state index < -0.39 is 9.84 Å². The lowest BCUT2D eigenvalue weighted by molar-refractivity contribution is 0.0107. The molecule has 0 amide bonds. The molecule has 4 aliphatic carbocycles. The van der Waals surface area contributed by atoms with Crippen molar-refractivity contribution in [3.63, 3.8) is 0 Å². The summed E-state index contributed by atoms with van der Waals surface area (Å²) in [6.45, 7) is 0. The van der Waals surface area contributed by atoms with E-state index in [1.54, 1.807) is 12.1 Å². The number of hydrogen-bond donors (Lipinski definition) is 1. The minimum atomic E-state index is -3.38. The van der Waals surface area contributed by atoms with Crippen molar-refractivity contribution in [1.29, 1.82) is 5.26 Å². The third-order valence-corrected chi connectivity index (χ3v) is 9.05. The van der Waals surface area contributed by atoms with Crippen LogP contribution in [0.4, 0.5) is 5.69 Å². The van der Waals surface area contributed by atoms with Crippen LogP contribution in [0.25, 0.3) is 22.0 Å². The highest BCUT2D eigenvalue weighted by molar-refractivity contribution is 7.90. The second-order valence-electron chi connectivity index (χ2n) is 10.4. The molecule has 3 aromatic rings. The molecule has 6 nitrogen and oxygen atoms in total. The molecule has 7 heteroatoms. The number of benzene rings is 2. The summed E-state index contributed by atoms with van der Waals surface area (Å²) >= 11 is 0. The van der Waals surface area contributed by atoms with Crippen molar-refractivity contribution >= 4 is 26.4 Å². The van der Waals surface area contributed by atoms with Crippen LogP contribution < -0.4 is 5.32 Å². The van der Waals surface area contributed by atoms with Gasteiger partial charge in [-0.15, -0.1) is 10.2 Å². The average molecular weight is 459 g/mol. The van der Waals surface area contributed by atoms with Crippen LogP contribution in [0.5, 0.6) is 0 Å². The molecule has 2 aromatic carbocycles. The maximum Gasteiger partial charge on any atom is 0.186 e. The number of hydrogen-bond acceptors (Lipinski definition) is 6. The van der Waals surface area contributed by atoms with Gasteiger partial charge in [0.05, 0.1) is 16.1 Å². The Morgan fingerprint density at radius 2 is 1.67 bits per heavy atom. The van der Waals surface area contributed by atoms with Crippen LogP contribution >= 0.6 is 0 Å². The van der Waals surface area contributed by atoms with E-state index in [1.807, 2.05) is 30.3 Å². The molecule has 4 bridgehead atoms. The number of aromatic nitrogens is 2. The lowest BCUT2D eigenvalue weighted by Crippen LogP contribution is -2.54. The summed E-state index contributed by atoms with van der Waals surface area (Å²) in [5.74, 6) is 2.36. The van der Waals surface area contributed by atoms with Gasteiger partial charge in [-0.3, -0.25) is 0 Å². The van der Waals surface area contributed by atoms with Crippen LogP contribution in [-0.2, 0) is 9.84 Å². The zero-order valence-corrected chi connectivity index (χ0v) is 19.4. The maximum atomic E-state index is 12.3. The smallest absolute Gasteiger partial charge is 0.186 e. The van der Waals surface area contributed by atoms with Gasteiger partial charge in [0.2, 0.25) is 0 Å². The third kappa shape index (κ3) is 3.48. The monoisotopic (exact) mass is 458 g/mol. The molecule has 1 N–H and O–H groups in total. The van der Waals surface area contributed by atoms with Crippen molar-refractivity contribution in [3.8, 4) is 17.2 Å². The fourth-order valence-corrected chi connectivity index (χ4v) is 7.95. The molecule has 1 aromatic heterocycles. The predicted molar refractivity (Wildman–Crippen MR) is 127 cm³/mol. The third-order valence-electron chi connectivity index (χ3n) is 7.89. The predicted octanol–water partition coefficient (Wildman–Crippen LogP) is 4.95. The van der Waals surface area contributed by atoms with Crippen LogP contribution in [-0.4, -0.2) is 30.4 Å². The lowest BCUT2D eigenvalue weighted by atomic mass is 9.53. The molecule has 0 unspecified atom stereocenters. The summed E-state index contributed by atoms with van der Waals surface area (Å²) in [5.41, 5.74) is 3.20. The first kappa shape index (κ1) is 20.6. The van der Waals surface area contributed by atoms with E-state index in [9.17, 15) is 13.7 Å². The van der Waals surface area contributed by atoms with Gasteiger partial charge in [-0.25, -0.2) is 8.42 Å². The van der Waals surface area contributed by atoms with Crippen molar-refractivity contribution in [3.05, 3.63) is 48.2 Å². The Hall–Kier alpha value is -2.98. The number of sulfone groups is 1. The van der Waals surface area contributed by atoms with Gasteiger partial charge in [0.15, 0.2) is 15.5 Å². The Labute approximate surface area is 194 Å². The molecule has 0 aliphatic heterocycles. The molecule has 0 saturated heterocycles. The minimum Gasteiger partial charge on any atom is -0.377 e. The highest BCUT2D eigenvalue weighted by Gasteiger charge is 2.51. The molecular weight excluding hydrogens is 432 g/mol. The standard InChI is InChI=1S/C26H26N4O2S/c1-33(31,32)24-5-3-2-4-20(24)19-6-7-21-22(11-19)29-30-23(15-27)25(21)28-26-12-16-8-17(13-26)10-18(9-16)14-26/h2-7,11,16-18H,8-10,12-14H2,1H3,(H,28,29). The Morgan fingerprint density at radius 3 is 2.30 bits per heavy atom. The Bertz CT molecular complexity index is 1390. The van der Waals surface area contributed by atoms with Gasteiger partial charge in [0, 0.05) is 22.7 Å². The number of nitriles is 1. The van der Waals surface area contributed by atoms with E-state index in [1.165, 1.54) is 25.5 Å². The lowest BCUT2D eigenvalue weighted by Gasteiger charge is -2.57. The number of fused-ring (bicyclic) bond motifs is 1. The van der Waals surface area contributed by atoms with Gasteiger partial charge in [-0.1, -0.05) is 24.3 Å². The Morgan fingerprint density at radius 1 is 1.00 bits per heavy atom. The summed E-state index contributed by atoms with van der Waals surface area (Å²) < 4.78 is 24.6. The SMILES string of the molecule is CS(=O)(=O)c1ccccc1-c1ccc2c(NC34CC5CC(CC(C5)C3)C4)c(C#N)nnc2c1. The van der Waals surface area contributed by atoms with Crippen LogP contribution in [0.2, 0.25) is 0 Å². The van der Waals surface area contributed by atoms with Crippen molar-refractivity contribution in [2.24, 2.45) is 17.8 Å². The van der Waals surface area contributed by atoms with Crippen molar-refractivity contribution < 1.29 is 8.42 Å². The molecule has 4 aliphatic rings. The summed E-state index contributed by atoms with van der Waals surface area (Å²) in [6, 6.07) is 15.0. The van der Waals surface area contributed by atoms with Crippen molar-refractivity contribution in [1.82, 2.24) is 10.2 Å². The molecule has 33 heavy (non-hydrogen) atoms. The summed E-state index contributed by atoms with van der Waals surface area (Å²) in [4.78, 5) is 0.290. The van der Waals surface area contributed by atoms with E-state index in [4.69, 9.17) is 0 Å². The first-order valence-corrected chi connectivity index (χ1v) is 13.5. The van der Waals surface area contributed by atoms with Gasteiger partial charge in [-0.05, 0) is 80.0 Å². The van der Waals surface area contributed by atoms with Crippen molar-refractivity contribution in [2.45, 2.75) is 49.0 Å². The second kappa shape index (κ2) is 7.26. The zero-order chi connectivity index (χ0) is 22.8.